The van der Waals surface area contributed by atoms with E-state index in [2.05, 4.69) is 5.32 Å². The van der Waals surface area contributed by atoms with Crippen LogP contribution < -0.4 is 15.8 Å². The molecule has 0 radical (unpaired) electrons. The number of hydrogen-bond donors (Lipinski definition) is 2. The van der Waals surface area contributed by atoms with E-state index in [4.69, 9.17) is 10.5 Å². The number of unbranched alkanes of at least 4 members (excludes halogenated alkanes) is 3. The first-order valence-electron chi connectivity index (χ1n) is 8.92. The van der Waals surface area contributed by atoms with Crippen LogP contribution in [0.25, 0.3) is 0 Å². The summed E-state index contributed by atoms with van der Waals surface area (Å²) >= 11 is 0. The second-order valence-electron chi connectivity index (χ2n) is 6.17. The first-order valence-corrected chi connectivity index (χ1v) is 8.92. The van der Waals surface area contributed by atoms with Gasteiger partial charge in [0.2, 0.25) is 5.91 Å². The van der Waals surface area contributed by atoms with Crippen molar-refractivity contribution in [1.82, 2.24) is 0 Å². The van der Waals surface area contributed by atoms with Crippen molar-refractivity contribution in [3.8, 4) is 5.75 Å². The lowest BCUT2D eigenvalue weighted by atomic mass is 10.0. The van der Waals surface area contributed by atoms with E-state index in [0.717, 1.165) is 25.7 Å². The zero-order valence-electron chi connectivity index (χ0n) is 15.2. The van der Waals surface area contributed by atoms with Crippen LogP contribution in [0.2, 0.25) is 0 Å². The maximum atomic E-state index is 12.2. The second-order valence-corrected chi connectivity index (χ2v) is 6.17. The molecule has 2 rings (SSSR count). The van der Waals surface area contributed by atoms with Crippen molar-refractivity contribution >= 4 is 23.1 Å². The number of nitrogens with two attached hydrogens (primary N) is 1. The Morgan fingerprint density at radius 1 is 0.923 bits per heavy atom. The topological polar surface area (TPSA) is 81.4 Å². The van der Waals surface area contributed by atoms with Crippen LogP contribution in [0, 0.1) is 0 Å². The van der Waals surface area contributed by atoms with Crippen molar-refractivity contribution in [3.63, 3.8) is 0 Å². The van der Waals surface area contributed by atoms with Crippen molar-refractivity contribution in [1.29, 1.82) is 0 Å². The van der Waals surface area contributed by atoms with Gasteiger partial charge >= 0.3 is 0 Å². The number of ketones is 1. The second kappa shape index (κ2) is 10.2. The monoisotopic (exact) mass is 354 g/mol. The highest BCUT2D eigenvalue weighted by Crippen LogP contribution is 2.20. The van der Waals surface area contributed by atoms with Gasteiger partial charge in [-0.2, -0.15) is 0 Å². The largest absolute Gasteiger partial charge is 0.496 e. The SMILES string of the molecule is COc1ccccc1C(=O)CCCCCCC(=O)Nc1ccccc1N. The summed E-state index contributed by atoms with van der Waals surface area (Å²) in [5.41, 5.74) is 7.66. The van der Waals surface area contributed by atoms with Crippen molar-refractivity contribution in [2.24, 2.45) is 0 Å². The Bertz CT molecular complexity index is 744. The molecule has 138 valence electrons. The molecule has 0 bridgehead atoms. The fourth-order valence-corrected chi connectivity index (χ4v) is 2.76. The van der Waals surface area contributed by atoms with Crippen LogP contribution in [0.5, 0.6) is 5.75 Å². The van der Waals surface area contributed by atoms with Crippen LogP contribution in [0.1, 0.15) is 48.9 Å². The molecule has 0 aliphatic rings. The maximum Gasteiger partial charge on any atom is 0.224 e. The van der Waals surface area contributed by atoms with Gasteiger partial charge in [0.25, 0.3) is 0 Å². The van der Waals surface area contributed by atoms with E-state index in [0.29, 0.717) is 35.5 Å². The molecule has 0 atom stereocenters. The minimum atomic E-state index is -0.0343. The van der Waals surface area contributed by atoms with Crippen LogP contribution in [-0.4, -0.2) is 18.8 Å². The number of Topliss-reactive ketones (excluding diaryl/α,β-unsaturated/α-hetero) is 1. The fraction of sp³-hybridized carbons (Fsp3) is 0.333. The fourth-order valence-electron chi connectivity index (χ4n) is 2.76. The number of rotatable bonds is 10. The zero-order chi connectivity index (χ0) is 18.8. The number of carbonyl (C=O) groups excluding carboxylic acids is 2. The highest BCUT2D eigenvalue weighted by molar-refractivity contribution is 5.98. The minimum Gasteiger partial charge on any atom is -0.496 e. The van der Waals surface area contributed by atoms with E-state index in [9.17, 15) is 9.59 Å². The summed E-state index contributed by atoms with van der Waals surface area (Å²) in [7, 11) is 1.57. The molecule has 1 amide bonds. The lowest BCUT2D eigenvalue weighted by Crippen LogP contribution is -2.12. The van der Waals surface area contributed by atoms with E-state index in [-0.39, 0.29) is 11.7 Å². The Morgan fingerprint density at radius 2 is 1.58 bits per heavy atom. The Labute approximate surface area is 154 Å². The average molecular weight is 354 g/mol. The van der Waals surface area contributed by atoms with E-state index in [1.54, 1.807) is 31.4 Å². The molecule has 3 N–H and O–H groups in total. The van der Waals surface area contributed by atoms with Crippen LogP contribution in [-0.2, 0) is 4.79 Å². The number of para-hydroxylation sites is 3. The minimum absolute atomic E-state index is 0.0343. The number of benzene rings is 2. The molecule has 0 aliphatic carbocycles. The molecule has 2 aromatic carbocycles. The van der Waals surface area contributed by atoms with Crippen LogP contribution >= 0.6 is 0 Å². The molecule has 0 heterocycles. The van der Waals surface area contributed by atoms with Gasteiger partial charge in [0.05, 0.1) is 24.0 Å². The Kier molecular flexibility index (Phi) is 7.68. The van der Waals surface area contributed by atoms with Gasteiger partial charge in [-0.25, -0.2) is 0 Å². The number of carbonyl (C=O) groups is 2. The molecule has 0 spiro atoms. The van der Waals surface area contributed by atoms with Crippen molar-refractivity contribution in [2.75, 3.05) is 18.2 Å². The number of anilines is 2. The number of methoxy groups -OCH3 is 1. The van der Waals surface area contributed by atoms with Gasteiger partial charge in [0, 0.05) is 12.8 Å². The highest BCUT2D eigenvalue weighted by Gasteiger charge is 2.11. The molecule has 0 unspecified atom stereocenters. The molecular weight excluding hydrogens is 328 g/mol. The molecule has 0 saturated heterocycles. The van der Waals surface area contributed by atoms with Crippen LogP contribution in [0.4, 0.5) is 11.4 Å². The van der Waals surface area contributed by atoms with Gasteiger partial charge in [-0.1, -0.05) is 37.1 Å². The molecule has 0 saturated carbocycles. The molecule has 0 aromatic heterocycles. The number of ether oxygens (including phenoxy) is 1. The summed E-state index contributed by atoms with van der Waals surface area (Å²) in [5.74, 6) is 0.683. The Balaban J connectivity index is 1.63. The standard InChI is InChI=1S/C21H26N2O3/c1-26-20-14-9-6-10-16(20)19(24)13-4-2-3-5-15-21(25)23-18-12-8-7-11-17(18)22/h6-12,14H,2-5,13,15,22H2,1H3,(H,23,25). The molecule has 0 fully saturated rings. The summed E-state index contributed by atoms with van der Waals surface area (Å²) in [6.07, 6.45) is 4.38. The molecular formula is C21H26N2O3. The van der Waals surface area contributed by atoms with Gasteiger partial charge in [-0.3, -0.25) is 9.59 Å². The number of nitrogens with one attached hydrogen (secondary N) is 1. The molecule has 5 heteroatoms. The predicted octanol–water partition coefficient (Wildman–Crippen LogP) is 4.44. The van der Waals surface area contributed by atoms with Crippen LogP contribution in [0.3, 0.4) is 0 Å². The van der Waals surface area contributed by atoms with Gasteiger partial charge < -0.3 is 15.8 Å². The van der Waals surface area contributed by atoms with Gasteiger partial charge in [-0.05, 0) is 37.1 Å². The smallest absolute Gasteiger partial charge is 0.224 e. The summed E-state index contributed by atoms with van der Waals surface area (Å²) < 4.78 is 5.22. The Morgan fingerprint density at radius 3 is 2.31 bits per heavy atom. The third-order valence-electron chi connectivity index (χ3n) is 4.20. The third kappa shape index (κ3) is 5.92. The van der Waals surface area contributed by atoms with E-state index in [1.165, 1.54) is 0 Å². The number of nitrogen functional groups attached to an aromatic ring is 1. The molecule has 26 heavy (non-hydrogen) atoms. The summed E-state index contributed by atoms with van der Waals surface area (Å²) in [6.45, 7) is 0. The molecule has 2 aromatic rings. The molecule has 0 aliphatic heterocycles. The van der Waals surface area contributed by atoms with Crippen molar-refractivity contribution in [2.45, 2.75) is 38.5 Å². The van der Waals surface area contributed by atoms with E-state index in [1.807, 2.05) is 24.3 Å². The number of amides is 1. The van der Waals surface area contributed by atoms with Gasteiger partial charge in [0.15, 0.2) is 5.78 Å². The lowest BCUT2D eigenvalue weighted by molar-refractivity contribution is -0.116. The normalized spacial score (nSPS) is 10.3. The average Bonchev–Trinajstić information content (AvgIpc) is 2.66. The number of hydrogen-bond acceptors (Lipinski definition) is 4. The maximum absolute atomic E-state index is 12.2. The van der Waals surface area contributed by atoms with Crippen molar-refractivity contribution < 1.29 is 14.3 Å². The van der Waals surface area contributed by atoms with E-state index < -0.39 is 0 Å². The molecule has 5 nitrogen and oxygen atoms in total. The summed E-state index contributed by atoms with van der Waals surface area (Å²) in [5, 5.41) is 2.82. The first kappa shape index (κ1) is 19.5. The highest BCUT2D eigenvalue weighted by atomic mass is 16.5. The van der Waals surface area contributed by atoms with E-state index >= 15 is 0 Å². The van der Waals surface area contributed by atoms with Crippen molar-refractivity contribution in [3.05, 3.63) is 54.1 Å². The van der Waals surface area contributed by atoms with Crippen LogP contribution in [0.15, 0.2) is 48.5 Å². The predicted molar refractivity (Wildman–Crippen MR) is 105 cm³/mol. The summed E-state index contributed by atoms with van der Waals surface area (Å²) in [4.78, 5) is 24.2. The lowest BCUT2D eigenvalue weighted by Gasteiger charge is -2.08. The quantitative estimate of drug-likeness (QED) is 0.375. The summed E-state index contributed by atoms with van der Waals surface area (Å²) in [6, 6.07) is 14.5. The first-order chi connectivity index (χ1) is 12.6. The van der Waals surface area contributed by atoms with Gasteiger partial charge in [-0.15, -0.1) is 0 Å². The Hall–Kier alpha value is -2.82. The zero-order valence-corrected chi connectivity index (χ0v) is 15.2. The third-order valence-corrected chi connectivity index (χ3v) is 4.20. The van der Waals surface area contributed by atoms with Gasteiger partial charge in [0.1, 0.15) is 5.75 Å².